The van der Waals surface area contributed by atoms with Gasteiger partial charge in [0.25, 0.3) is 0 Å². The molecule has 0 fully saturated rings. The predicted octanol–water partition coefficient (Wildman–Crippen LogP) is 3.07. The van der Waals surface area contributed by atoms with E-state index in [-0.39, 0.29) is 5.41 Å². The van der Waals surface area contributed by atoms with Gasteiger partial charge in [0.1, 0.15) is 5.75 Å². The average Bonchev–Trinajstić information content (AvgIpc) is 2.38. The molecule has 104 valence electrons. The minimum absolute atomic E-state index is 0.261. The molecular formula is C16H24N2O. The summed E-state index contributed by atoms with van der Waals surface area (Å²) in [5.74, 6) is 0.754. The summed E-state index contributed by atoms with van der Waals surface area (Å²) in [6.45, 7) is 7.75. The van der Waals surface area contributed by atoms with Crippen LogP contribution >= 0.6 is 0 Å². The monoisotopic (exact) mass is 260 g/mol. The molecule has 3 nitrogen and oxygen atoms in total. The minimum atomic E-state index is 0.261. The molecule has 19 heavy (non-hydrogen) atoms. The molecule has 1 heterocycles. The normalized spacial score (nSPS) is 20.0. The van der Waals surface area contributed by atoms with Crippen molar-refractivity contribution in [1.82, 2.24) is 5.32 Å². The number of benzene rings is 1. The first-order chi connectivity index (χ1) is 8.91. The van der Waals surface area contributed by atoms with Crippen LogP contribution in [0.1, 0.15) is 32.8 Å². The van der Waals surface area contributed by atoms with E-state index < -0.39 is 0 Å². The number of hydrogen-bond donors (Lipinski definition) is 2. The standard InChI is InChI=1S/C16H24N2O/c1-16(2,3)15-10-12(7-8-18-15)11-5-6-13(17)14(9-11)19-4/h5-7,9,15,18H,8,10,17H2,1-4H3. The van der Waals surface area contributed by atoms with Gasteiger partial charge >= 0.3 is 0 Å². The topological polar surface area (TPSA) is 47.3 Å². The summed E-state index contributed by atoms with van der Waals surface area (Å²) in [6.07, 6.45) is 3.30. The van der Waals surface area contributed by atoms with E-state index in [1.54, 1.807) is 7.11 Å². The van der Waals surface area contributed by atoms with Crippen molar-refractivity contribution >= 4 is 11.3 Å². The summed E-state index contributed by atoms with van der Waals surface area (Å²) >= 11 is 0. The molecule has 0 saturated heterocycles. The Morgan fingerprint density at radius 1 is 1.32 bits per heavy atom. The van der Waals surface area contributed by atoms with E-state index in [1.807, 2.05) is 12.1 Å². The van der Waals surface area contributed by atoms with Crippen LogP contribution in [-0.4, -0.2) is 19.7 Å². The second-order valence-electron chi connectivity index (χ2n) is 6.22. The maximum atomic E-state index is 5.87. The van der Waals surface area contributed by atoms with E-state index in [2.05, 4.69) is 38.2 Å². The second-order valence-corrected chi connectivity index (χ2v) is 6.22. The van der Waals surface area contributed by atoms with Gasteiger partial charge in [-0.15, -0.1) is 0 Å². The lowest BCUT2D eigenvalue weighted by Gasteiger charge is -2.35. The van der Waals surface area contributed by atoms with Gasteiger partial charge in [-0.2, -0.15) is 0 Å². The summed E-state index contributed by atoms with van der Waals surface area (Å²) in [5.41, 5.74) is 9.40. The molecule has 3 N–H and O–H groups in total. The number of rotatable bonds is 2. The summed E-state index contributed by atoms with van der Waals surface area (Å²) in [4.78, 5) is 0. The van der Waals surface area contributed by atoms with Crippen molar-refractivity contribution in [3.05, 3.63) is 29.8 Å². The molecule has 0 aromatic heterocycles. The maximum absolute atomic E-state index is 5.87. The van der Waals surface area contributed by atoms with Gasteiger partial charge in [0.2, 0.25) is 0 Å². The van der Waals surface area contributed by atoms with Crippen LogP contribution in [-0.2, 0) is 0 Å². The highest BCUT2D eigenvalue weighted by molar-refractivity contribution is 5.71. The molecule has 0 amide bonds. The molecule has 1 aromatic rings. The zero-order valence-electron chi connectivity index (χ0n) is 12.3. The predicted molar refractivity (Wildman–Crippen MR) is 81.2 cm³/mol. The highest BCUT2D eigenvalue weighted by Gasteiger charge is 2.27. The SMILES string of the molecule is COc1cc(C2=CCNC(C(C)(C)C)C2)ccc1N. The van der Waals surface area contributed by atoms with Crippen molar-refractivity contribution in [2.75, 3.05) is 19.4 Å². The van der Waals surface area contributed by atoms with Gasteiger partial charge < -0.3 is 15.8 Å². The molecule has 1 unspecified atom stereocenters. The van der Waals surface area contributed by atoms with Crippen LogP contribution in [0.2, 0.25) is 0 Å². The average molecular weight is 260 g/mol. The molecule has 2 rings (SSSR count). The Labute approximate surface area is 115 Å². The van der Waals surface area contributed by atoms with E-state index in [0.29, 0.717) is 11.7 Å². The van der Waals surface area contributed by atoms with Gasteiger partial charge in [-0.05, 0) is 35.1 Å². The van der Waals surface area contributed by atoms with Crippen LogP contribution in [0.25, 0.3) is 5.57 Å². The van der Waals surface area contributed by atoms with Crippen LogP contribution in [0.3, 0.4) is 0 Å². The Morgan fingerprint density at radius 3 is 2.68 bits per heavy atom. The number of nitrogens with two attached hydrogens (primary N) is 1. The highest BCUT2D eigenvalue weighted by atomic mass is 16.5. The summed E-state index contributed by atoms with van der Waals surface area (Å²) < 4.78 is 5.30. The Morgan fingerprint density at radius 2 is 2.05 bits per heavy atom. The van der Waals surface area contributed by atoms with E-state index in [4.69, 9.17) is 10.5 Å². The number of methoxy groups -OCH3 is 1. The summed E-state index contributed by atoms with van der Waals surface area (Å²) in [5, 5.41) is 3.57. The molecule has 0 saturated carbocycles. The number of anilines is 1. The van der Waals surface area contributed by atoms with Gasteiger partial charge in [0, 0.05) is 12.6 Å². The minimum Gasteiger partial charge on any atom is -0.495 e. The second kappa shape index (κ2) is 5.25. The van der Waals surface area contributed by atoms with Gasteiger partial charge in [-0.25, -0.2) is 0 Å². The van der Waals surface area contributed by atoms with Crippen molar-refractivity contribution in [2.24, 2.45) is 5.41 Å². The smallest absolute Gasteiger partial charge is 0.142 e. The Bertz CT molecular complexity index is 486. The largest absolute Gasteiger partial charge is 0.495 e. The van der Waals surface area contributed by atoms with Gasteiger partial charge in [-0.1, -0.05) is 32.9 Å². The highest BCUT2D eigenvalue weighted by Crippen LogP contribution is 2.33. The molecule has 0 bridgehead atoms. The third-order valence-electron chi connectivity index (χ3n) is 3.79. The van der Waals surface area contributed by atoms with Gasteiger partial charge in [0.15, 0.2) is 0 Å². The molecule has 0 aliphatic carbocycles. The van der Waals surface area contributed by atoms with Crippen LogP contribution < -0.4 is 15.8 Å². The summed E-state index contributed by atoms with van der Waals surface area (Å²) in [7, 11) is 1.66. The van der Waals surface area contributed by atoms with Crippen molar-refractivity contribution in [3.63, 3.8) is 0 Å². The van der Waals surface area contributed by atoms with Crippen molar-refractivity contribution < 1.29 is 4.74 Å². The van der Waals surface area contributed by atoms with Crippen molar-refractivity contribution in [2.45, 2.75) is 33.2 Å². The maximum Gasteiger partial charge on any atom is 0.142 e. The summed E-state index contributed by atoms with van der Waals surface area (Å²) in [6, 6.07) is 6.53. The van der Waals surface area contributed by atoms with Crippen LogP contribution in [0, 0.1) is 5.41 Å². The third kappa shape index (κ3) is 3.10. The van der Waals surface area contributed by atoms with Gasteiger partial charge in [-0.3, -0.25) is 0 Å². The lowest BCUT2D eigenvalue weighted by molar-refractivity contribution is 0.274. The first-order valence-electron chi connectivity index (χ1n) is 6.78. The molecule has 1 atom stereocenters. The number of hydrogen-bond acceptors (Lipinski definition) is 3. The Balaban J connectivity index is 2.25. The van der Waals surface area contributed by atoms with E-state index >= 15 is 0 Å². The van der Waals surface area contributed by atoms with Crippen molar-refractivity contribution in [1.29, 1.82) is 0 Å². The van der Waals surface area contributed by atoms with Gasteiger partial charge in [0.05, 0.1) is 12.8 Å². The molecule has 0 spiro atoms. The molecule has 1 aliphatic rings. The molecule has 1 aliphatic heterocycles. The fourth-order valence-electron chi connectivity index (χ4n) is 2.46. The fraction of sp³-hybridized carbons (Fsp3) is 0.500. The third-order valence-corrected chi connectivity index (χ3v) is 3.79. The molecule has 3 heteroatoms. The van der Waals surface area contributed by atoms with Crippen LogP contribution in [0.4, 0.5) is 5.69 Å². The first-order valence-corrected chi connectivity index (χ1v) is 6.78. The van der Waals surface area contributed by atoms with E-state index in [9.17, 15) is 0 Å². The fourth-order valence-corrected chi connectivity index (χ4v) is 2.46. The Kier molecular flexibility index (Phi) is 3.85. The van der Waals surface area contributed by atoms with Crippen molar-refractivity contribution in [3.8, 4) is 5.75 Å². The van der Waals surface area contributed by atoms with Crippen LogP contribution in [0.15, 0.2) is 24.3 Å². The molecule has 0 radical (unpaired) electrons. The number of ether oxygens (including phenoxy) is 1. The number of nitrogens with one attached hydrogen (secondary N) is 1. The molecule has 1 aromatic carbocycles. The quantitative estimate of drug-likeness (QED) is 0.803. The Hall–Kier alpha value is -1.48. The van der Waals surface area contributed by atoms with E-state index in [1.165, 1.54) is 11.1 Å². The van der Waals surface area contributed by atoms with Crippen LogP contribution in [0.5, 0.6) is 5.75 Å². The van der Waals surface area contributed by atoms with E-state index in [0.717, 1.165) is 18.7 Å². The lowest BCUT2D eigenvalue weighted by Crippen LogP contribution is -2.42. The molecular weight excluding hydrogens is 236 g/mol. The lowest BCUT2D eigenvalue weighted by atomic mass is 9.80. The zero-order chi connectivity index (χ0) is 14.0. The number of nitrogen functional groups attached to an aromatic ring is 1. The zero-order valence-corrected chi connectivity index (χ0v) is 12.3. The first kappa shape index (κ1) is 13.9.